The summed E-state index contributed by atoms with van der Waals surface area (Å²) in [7, 11) is 1.66. The lowest BCUT2D eigenvalue weighted by Gasteiger charge is -2.35. The van der Waals surface area contributed by atoms with Gasteiger partial charge in [0, 0.05) is 31.1 Å². The molecule has 1 saturated heterocycles. The van der Waals surface area contributed by atoms with Crippen LogP contribution in [0.3, 0.4) is 0 Å². The van der Waals surface area contributed by atoms with E-state index < -0.39 is 0 Å². The smallest absolute Gasteiger partial charge is 0.268 e. The first-order valence-corrected chi connectivity index (χ1v) is 12.2. The van der Waals surface area contributed by atoms with E-state index in [9.17, 15) is 4.79 Å². The summed E-state index contributed by atoms with van der Waals surface area (Å²) in [5.41, 5.74) is 2.17. The van der Waals surface area contributed by atoms with Gasteiger partial charge in [-0.25, -0.2) is 9.55 Å². The average Bonchev–Trinajstić information content (AvgIpc) is 3.00. The molecule has 31 heavy (non-hydrogen) atoms. The van der Waals surface area contributed by atoms with E-state index in [-0.39, 0.29) is 5.56 Å². The average molecular weight is 439 g/mol. The van der Waals surface area contributed by atoms with Crippen molar-refractivity contribution in [3.63, 3.8) is 0 Å². The number of rotatable bonds is 4. The van der Waals surface area contributed by atoms with Crippen molar-refractivity contribution in [3.05, 3.63) is 45.1 Å². The number of anilines is 1. The maximum atomic E-state index is 14.0. The zero-order valence-corrected chi connectivity index (χ0v) is 19.2. The van der Waals surface area contributed by atoms with Crippen molar-refractivity contribution in [2.75, 3.05) is 44.7 Å². The van der Waals surface area contributed by atoms with Crippen LogP contribution in [0.5, 0.6) is 5.75 Å². The summed E-state index contributed by atoms with van der Waals surface area (Å²) < 4.78 is 7.17. The number of hydrogen-bond acceptors (Lipinski definition) is 6. The number of methoxy groups -OCH3 is 1. The Morgan fingerprint density at radius 1 is 1.03 bits per heavy atom. The van der Waals surface area contributed by atoms with E-state index in [1.165, 1.54) is 23.3 Å². The van der Waals surface area contributed by atoms with Crippen LogP contribution in [0.1, 0.15) is 36.6 Å². The fourth-order valence-corrected chi connectivity index (χ4v) is 6.06. The van der Waals surface area contributed by atoms with E-state index in [2.05, 4.69) is 16.7 Å². The summed E-state index contributed by atoms with van der Waals surface area (Å²) in [6.07, 6.45) is 5.66. The van der Waals surface area contributed by atoms with Gasteiger partial charge < -0.3 is 14.5 Å². The largest absolute Gasteiger partial charge is 0.497 e. The summed E-state index contributed by atoms with van der Waals surface area (Å²) >= 11 is 1.74. The number of piperazine rings is 1. The lowest BCUT2D eigenvalue weighted by Crippen LogP contribution is -2.48. The van der Waals surface area contributed by atoms with E-state index in [1.54, 1.807) is 18.4 Å². The molecule has 2 aromatic heterocycles. The van der Waals surface area contributed by atoms with E-state index in [4.69, 9.17) is 9.72 Å². The van der Waals surface area contributed by atoms with Gasteiger partial charge in [0.15, 0.2) is 0 Å². The maximum Gasteiger partial charge on any atom is 0.268 e. The number of hydrogen-bond donors (Lipinski definition) is 0. The zero-order valence-electron chi connectivity index (χ0n) is 18.4. The molecule has 5 rings (SSSR count). The number of aryl methyl sites for hydroxylation is 2. The molecule has 0 atom stereocenters. The number of benzene rings is 1. The van der Waals surface area contributed by atoms with Crippen LogP contribution in [0, 0.1) is 0 Å². The fourth-order valence-electron chi connectivity index (χ4n) is 4.81. The normalized spacial score (nSPS) is 17.5. The van der Waals surface area contributed by atoms with Gasteiger partial charge in [0.1, 0.15) is 10.6 Å². The van der Waals surface area contributed by atoms with Crippen LogP contribution in [0.2, 0.25) is 0 Å². The van der Waals surface area contributed by atoms with E-state index in [0.29, 0.717) is 0 Å². The van der Waals surface area contributed by atoms with Crippen LogP contribution in [-0.4, -0.2) is 54.3 Å². The predicted octanol–water partition coefficient (Wildman–Crippen LogP) is 3.87. The van der Waals surface area contributed by atoms with Crippen molar-refractivity contribution >= 4 is 27.5 Å². The fraction of sp³-hybridized carbons (Fsp3) is 0.500. The van der Waals surface area contributed by atoms with E-state index in [0.717, 1.165) is 79.6 Å². The third-order valence-electron chi connectivity index (χ3n) is 6.65. The van der Waals surface area contributed by atoms with Gasteiger partial charge >= 0.3 is 0 Å². The highest BCUT2D eigenvalue weighted by Crippen LogP contribution is 2.34. The number of fused-ring (bicyclic) bond motifs is 3. The van der Waals surface area contributed by atoms with Crippen LogP contribution in [0.25, 0.3) is 15.9 Å². The van der Waals surface area contributed by atoms with Crippen molar-refractivity contribution in [1.82, 2.24) is 14.5 Å². The Kier molecular flexibility index (Phi) is 5.71. The van der Waals surface area contributed by atoms with Gasteiger partial charge in [-0.1, -0.05) is 13.3 Å². The highest BCUT2D eigenvalue weighted by molar-refractivity contribution is 7.18. The summed E-state index contributed by atoms with van der Waals surface area (Å²) in [5.74, 6) is 1.56. The lowest BCUT2D eigenvalue weighted by atomic mass is 10.1. The Hall–Kier alpha value is -2.38. The second-order valence-electron chi connectivity index (χ2n) is 8.42. The van der Waals surface area contributed by atoms with E-state index in [1.807, 2.05) is 28.8 Å². The molecule has 1 aromatic carbocycles. The van der Waals surface area contributed by atoms with Crippen LogP contribution in [0.4, 0.5) is 5.95 Å². The maximum absolute atomic E-state index is 14.0. The molecule has 0 saturated carbocycles. The Morgan fingerprint density at radius 2 is 1.77 bits per heavy atom. The van der Waals surface area contributed by atoms with Gasteiger partial charge in [0.05, 0.1) is 18.2 Å². The third-order valence-corrected chi connectivity index (χ3v) is 7.84. The molecular weight excluding hydrogens is 408 g/mol. The predicted molar refractivity (Wildman–Crippen MR) is 127 cm³/mol. The molecule has 6 nitrogen and oxygen atoms in total. The molecule has 2 aliphatic rings. The number of nitrogens with zero attached hydrogens (tertiary/aromatic N) is 4. The minimum atomic E-state index is 0.0717. The van der Waals surface area contributed by atoms with Gasteiger partial charge in [-0.3, -0.25) is 4.79 Å². The van der Waals surface area contributed by atoms with Gasteiger partial charge in [0.25, 0.3) is 5.56 Å². The first-order chi connectivity index (χ1) is 15.2. The number of likely N-dealkylation sites (N-methyl/N-ethyl adjacent to an activating group) is 1. The molecule has 0 spiro atoms. The molecule has 3 aromatic rings. The van der Waals surface area contributed by atoms with Crippen LogP contribution < -0.4 is 15.2 Å². The first-order valence-electron chi connectivity index (χ1n) is 11.4. The second-order valence-corrected chi connectivity index (χ2v) is 9.50. The quantitative estimate of drug-likeness (QED) is 0.579. The van der Waals surface area contributed by atoms with Crippen molar-refractivity contribution < 1.29 is 4.74 Å². The molecule has 1 aliphatic carbocycles. The van der Waals surface area contributed by atoms with Crippen molar-refractivity contribution in [3.8, 4) is 11.4 Å². The first kappa shape index (κ1) is 20.5. The summed E-state index contributed by atoms with van der Waals surface area (Å²) in [6, 6.07) is 7.76. The topological polar surface area (TPSA) is 50.6 Å². The Labute approximate surface area is 187 Å². The second kappa shape index (κ2) is 8.63. The number of thiophene rings is 1. The molecule has 1 fully saturated rings. The van der Waals surface area contributed by atoms with Crippen molar-refractivity contribution in [1.29, 1.82) is 0 Å². The molecule has 7 heteroatoms. The highest BCUT2D eigenvalue weighted by atomic mass is 32.1. The summed E-state index contributed by atoms with van der Waals surface area (Å²) in [6.45, 7) is 7.01. The van der Waals surface area contributed by atoms with Gasteiger partial charge in [-0.05, 0) is 62.1 Å². The molecule has 0 N–H and O–H groups in total. The lowest BCUT2D eigenvalue weighted by molar-refractivity contribution is 0.269. The number of ether oxygens (including phenoxy) is 1. The summed E-state index contributed by atoms with van der Waals surface area (Å²) in [5, 5.41) is 0.841. The third kappa shape index (κ3) is 3.74. The van der Waals surface area contributed by atoms with Crippen molar-refractivity contribution in [2.24, 2.45) is 0 Å². The Morgan fingerprint density at radius 3 is 2.48 bits per heavy atom. The Balaban J connectivity index is 1.69. The molecule has 164 valence electrons. The van der Waals surface area contributed by atoms with Gasteiger partial charge in [-0.15, -0.1) is 11.3 Å². The molecule has 3 heterocycles. The van der Waals surface area contributed by atoms with Crippen LogP contribution in [-0.2, 0) is 12.8 Å². The van der Waals surface area contributed by atoms with E-state index >= 15 is 0 Å². The monoisotopic (exact) mass is 438 g/mol. The minimum Gasteiger partial charge on any atom is -0.497 e. The highest BCUT2D eigenvalue weighted by Gasteiger charge is 2.26. The number of aromatic nitrogens is 2. The molecule has 1 aliphatic heterocycles. The molecule has 0 bridgehead atoms. The Bertz CT molecular complexity index is 1130. The van der Waals surface area contributed by atoms with Gasteiger partial charge in [0.2, 0.25) is 5.95 Å². The standard InChI is InChI=1S/C24H30N4O2S/c1-3-26-13-15-27(16-14-26)24-25-22-21(19-7-5-4-6-8-20(19)31-22)23(29)28(24)17-9-11-18(30-2)12-10-17/h9-12H,3-8,13-16H2,1-2H3. The van der Waals surface area contributed by atoms with Gasteiger partial charge in [-0.2, -0.15) is 0 Å². The summed E-state index contributed by atoms with van der Waals surface area (Å²) in [4.78, 5) is 26.1. The minimum absolute atomic E-state index is 0.0717. The van der Waals surface area contributed by atoms with Crippen LogP contribution in [0.15, 0.2) is 29.1 Å². The van der Waals surface area contributed by atoms with Crippen molar-refractivity contribution in [2.45, 2.75) is 39.0 Å². The molecular formula is C24H30N4O2S. The SMILES string of the molecule is CCN1CCN(c2nc3sc4c(c3c(=O)n2-c2ccc(OC)cc2)CCCCC4)CC1. The molecule has 0 unspecified atom stereocenters. The van der Waals surface area contributed by atoms with Crippen LogP contribution >= 0.6 is 11.3 Å². The molecule has 0 amide bonds. The zero-order chi connectivity index (χ0) is 21.4. The molecule has 0 radical (unpaired) electrons.